The molecule has 0 aliphatic heterocycles. The molecule has 0 saturated heterocycles. The average Bonchev–Trinajstić information content (AvgIpc) is 2.14. The molecule has 0 radical (unpaired) electrons. The van der Waals surface area contributed by atoms with E-state index in [-0.39, 0.29) is 10.8 Å². The Bertz CT molecular complexity index is 471. The summed E-state index contributed by atoms with van der Waals surface area (Å²) >= 11 is 0. The minimum atomic E-state index is -3.79. The zero-order valence-corrected chi connectivity index (χ0v) is 10.2. The Morgan fingerprint density at radius 2 is 2.25 bits per heavy atom. The van der Waals surface area contributed by atoms with Crippen molar-refractivity contribution in [2.45, 2.75) is 24.2 Å². The molecular formula is C10H12ClNO3S. The summed E-state index contributed by atoms with van der Waals surface area (Å²) in [5.74, 6) is 0.622. The highest BCUT2D eigenvalue weighted by atomic mass is 35.7. The lowest BCUT2D eigenvalue weighted by molar-refractivity contribution is 0.172. The third kappa shape index (κ3) is 2.65. The number of aromatic nitrogens is 1. The van der Waals surface area contributed by atoms with Gasteiger partial charge in [-0.3, -0.25) is 0 Å². The Morgan fingerprint density at radius 1 is 1.50 bits per heavy atom. The number of hydrogen-bond donors (Lipinski definition) is 0. The molecular weight excluding hydrogens is 250 g/mol. The van der Waals surface area contributed by atoms with E-state index in [0.29, 0.717) is 12.5 Å². The van der Waals surface area contributed by atoms with Gasteiger partial charge in [-0.15, -0.1) is 0 Å². The van der Waals surface area contributed by atoms with E-state index in [2.05, 4.69) is 4.98 Å². The van der Waals surface area contributed by atoms with Crippen LogP contribution in [-0.4, -0.2) is 20.0 Å². The summed E-state index contributed by atoms with van der Waals surface area (Å²) in [6.45, 7) is 0.510. The Morgan fingerprint density at radius 3 is 2.81 bits per heavy atom. The first-order chi connectivity index (χ1) is 7.57. The van der Waals surface area contributed by atoms with Crippen LogP contribution in [0.1, 0.15) is 19.3 Å². The normalized spacial score (nSPS) is 16.8. The van der Waals surface area contributed by atoms with E-state index in [9.17, 15) is 8.42 Å². The average molecular weight is 262 g/mol. The van der Waals surface area contributed by atoms with Gasteiger partial charge in [0.05, 0.1) is 6.61 Å². The van der Waals surface area contributed by atoms with Crippen molar-refractivity contribution in [1.29, 1.82) is 0 Å². The molecule has 1 aliphatic carbocycles. The van der Waals surface area contributed by atoms with Gasteiger partial charge < -0.3 is 4.74 Å². The van der Waals surface area contributed by atoms with Crippen LogP contribution in [0.3, 0.4) is 0 Å². The number of nitrogens with zero attached hydrogens (tertiary/aromatic N) is 1. The van der Waals surface area contributed by atoms with Crippen LogP contribution < -0.4 is 4.74 Å². The lowest BCUT2D eigenvalue weighted by atomic mass is 9.86. The number of rotatable bonds is 4. The molecule has 6 heteroatoms. The van der Waals surface area contributed by atoms with E-state index in [1.165, 1.54) is 24.8 Å². The second-order valence-corrected chi connectivity index (χ2v) is 6.39. The Hall–Kier alpha value is -0.810. The van der Waals surface area contributed by atoms with E-state index in [1.54, 1.807) is 0 Å². The van der Waals surface area contributed by atoms with Crippen LogP contribution in [0.5, 0.6) is 5.88 Å². The quantitative estimate of drug-likeness (QED) is 0.780. The van der Waals surface area contributed by atoms with Crippen LogP contribution in [0.15, 0.2) is 23.2 Å². The highest BCUT2D eigenvalue weighted by Crippen LogP contribution is 2.29. The maximum absolute atomic E-state index is 11.2. The standard InChI is InChI=1S/C10H12ClNO3S/c11-16(13,14)9-5-2-6-12-10(9)15-7-8-3-1-4-8/h2,5-6,8H,1,3-4,7H2. The zero-order chi connectivity index (χ0) is 11.6. The fourth-order valence-corrected chi connectivity index (χ4v) is 2.44. The molecule has 0 spiro atoms. The number of hydrogen-bond acceptors (Lipinski definition) is 4. The third-order valence-corrected chi connectivity index (χ3v) is 4.01. The Labute approximate surface area is 99.0 Å². The lowest BCUT2D eigenvalue weighted by Crippen LogP contribution is -2.20. The molecule has 88 valence electrons. The zero-order valence-electron chi connectivity index (χ0n) is 8.60. The van der Waals surface area contributed by atoms with E-state index < -0.39 is 9.05 Å². The van der Waals surface area contributed by atoms with E-state index in [0.717, 1.165) is 12.8 Å². The predicted octanol–water partition coefficient (Wildman–Crippen LogP) is 2.19. The molecule has 1 fully saturated rings. The maximum atomic E-state index is 11.2. The van der Waals surface area contributed by atoms with E-state index in [1.807, 2.05) is 0 Å². The summed E-state index contributed by atoms with van der Waals surface area (Å²) in [5, 5.41) is 0. The van der Waals surface area contributed by atoms with Crippen molar-refractivity contribution < 1.29 is 13.2 Å². The highest BCUT2D eigenvalue weighted by Gasteiger charge is 2.21. The SMILES string of the molecule is O=S(=O)(Cl)c1cccnc1OCC1CCC1. The van der Waals surface area contributed by atoms with Crippen molar-refractivity contribution >= 4 is 19.7 Å². The minimum absolute atomic E-state index is 0.0593. The largest absolute Gasteiger partial charge is 0.476 e. The topological polar surface area (TPSA) is 56.3 Å². The van der Waals surface area contributed by atoms with Gasteiger partial charge in [0, 0.05) is 16.9 Å². The van der Waals surface area contributed by atoms with Crippen molar-refractivity contribution in [2.24, 2.45) is 5.92 Å². The molecule has 1 aliphatic rings. The molecule has 0 aromatic carbocycles. The van der Waals surface area contributed by atoms with Crippen LogP contribution in [0.25, 0.3) is 0 Å². The van der Waals surface area contributed by atoms with Gasteiger partial charge >= 0.3 is 0 Å². The van der Waals surface area contributed by atoms with E-state index in [4.69, 9.17) is 15.4 Å². The van der Waals surface area contributed by atoms with Gasteiger partial charge in [-0.05, 0) is 30.9 Å². The number of ether oxygens (including phenoxy) is 1. The molecule has 2 rings (SSSR count). The van der Waals surface area contributed by atoms with Crippen molar-refractivity contribution in [3.8, 4) is 5.88 Å². The fourth-order valence-electron chi connectivity index (χ4n) is 1.53. The predicted molar refractivity (Wildman–Crippen MR) is 60.1 cm³/mol. The fraction of sp³-hybridized carbons (Fsp3) is 0.500. The Balaban J connectivity index is 2.13. The summed E-state index contributed by atoms with van der Waals surface area (Å²) in [7, 11) is 1.49. The third-order valence-electron chi connectivity index (χ3n) is 2.68. The first-order valence-corrected chi connectivity index (χ1v) is 7.41. The number of halogens is 1. The van der Waals surface area contributed by atoms with Gasteiger partial charge in [0.15, 0.2) is 0 Å². The van der Waals surface area contributed by atoms with Crippen molar-refractivity contribution in [3.05, 3.63) is 18.3 Å². The van der Waals surface area contributed by atoms with E-state index >= 15 is 0 Å². The molecule has 0 unspecified atom stereocenters. The summed E-state index contributed by atoms with van der Waals surface area (Å²) in [6, 6.07) is 2.91. The van der Waals surface area contributed by atoms with Crippen molar-refractivity contribution in [2.75, 3.05) is 6.61 Å². The molecule has 16 heavy (non-hydrogen) atoms. The highest BCUT2D eigenvalue weighted by molar-refractivity contribution is 8.13. The lowest BCUT2D eigenvalue weighted by Gasteiger charge is -2.25. The summed E-state index contributed by atoms with van der Waals surface area (Å²) in [6.07, 6.45) is 4.98. The van der Waals surface area contributed by atoms with Gasteiger partial charge in [-0.1, -0.05) is 6.42 Å². The van der Waals surface area contributed by atoms with Crippen LogP contribution in [0.4, 0.5) is 0 Å². The monoisotopic (exact) mass is 261 g/mol. The van der Waals surface area contributed by atoms with Crippen molar-refractivity contribution in [3.63, 3.8) is 0 Å². The molecule has 0 bridgehead atoms. The molecule has 0 atom stereocenters. The smallest absolute Gasteiger partial charge is 0.266 e. The first-order valence-electron chi connectivity index (χ1n) is 5.10. The van der Waals surface area contributed by atoms with Gasteiger partial charge in [-0.2, -0.15) is 0 Å². The summed E-state index contributed by atoms with van der Waals surface area (Å²) < 4.78 is 27.8. The molecule has 1 aromatic heterocycles. The first kappa shape index (κ1) is 11.7. The number of pyridine rings is 1. The van der Waals surface area contributed by atoms with Crippen LogP contribution in [0.2, 0.25) is 0 Å². The van der Waals surface area contributed by atoms with Gasteiger partial charge in [-0.25, -0.2) is 13.4 Å². The maximum Gasteiger partial charge on any atom is 0.266 e. The van der Waals surface area contributed by atoms with Crippen LogP contribution >= 0.6 is 10.7 Å². The molecule has 4 nitrogen and oxygen atoms in total. The molecule has 0 N–H and O–H groups in total. The van der Waals surface area contributed by atoms with Gasteiger partial charge in [0.1, 0.15) is 4.90 Å². The summed E-state index contributed by atoms with van der Waals surface area (Å²) in [5.41, 5.74) is 0. The van der Waals surface area contributed by atoms with Gasteiger partial charge in [0.2, 0.25) is 5.88 Å². The molecule has 1 heterocycles. The second-order valence-electron chi connectivity index (χ2n) is 3.85. The second kappa shape index (κ2) is 4.59. The van der Waals surface area contributed by atoms with Gasteiger partial charge in [0.25, 0.3) is 9.05 Å². The molecule has 1 saturated carbocycles. The molecule has 1 aromatic rings. The van der Waals surface area contributed by atoms with Crippen LogP contribution in [0, 0.1) is 5.92 Å². The molecule has 0 amide bonds. The Kier molecular flexibility index (Phi) is 3.35. The van der Waals surface area contributed by atoms with Crippen LogP contribution in [-0.2, 0) is 9.05 Å². The minimum Gasteiger partial charge on any atom is -0.476 e. The van der Waals surface area contributed by atoms with Crippen molar-refractivity contribution in [1.82, 2.24) is 4.98 Å². The summed E-state index contributed by atoms with van der Waals surface area (Å²) in [4.78, 5) is 3.83.